The van der Waals surface area contributed by atoms with Crippen molar-refractivity contribution < 1.29 is 23.7 Å². The van der Waals surface area contributed by atoms with Gasteiger partial charge in [-0.2, -0.15) is 5.26 Å². The minimum Gasteiger partial charge on any atom is -0.493 e. The molecule has 114 valence electrons. The van der Waals surface area contributed by atoms with Crippen LogP contribution in [0.2, 0.25) is 0 Å². The minimum atomic E-state index is -0.743. The van der Waals surface area contributed by atoms with Gasteiger partial charge in [-0.3, -0.25) is 4.79 Å². The number of carbonyl (C=O) groups is 1. The third kappa shape index (κ3) is 4.02. The first kappa shape index (κ1) is 16.6. The van der Waals surface area contributed by atoms with Crippen molar-refractivity contribution in [3.8, 4) is 23.3 Å². The second-order valence-corrected chi connectivity index (χ2v) is 4.23. The molecule has 0 fully saturated rings. The van der Waals surface area contributed by atoms with Gasteiger partial charge >= 0.3 is 5.97 Å². The van der Waals surface area contributed by atoms with E-state index >= 15 is 0 Å². The van der Waals surface area contributed by atoms with E-state index < -0.39 is 11.9 Å². The fourth-order valence-corrected chi connectivity index (χ4v) is 1.78. The SMILES string of the molecule is CCC(C#N)C(=O)OCc1cc(OC)c(OC)c(OC)c1. The van der Waals surface area contributed by atoms with Crippen molar-refractivity contribution in [2.75, 3.05) is 21.3 Å². The average Bonchev–Trinajstić information content (AvgIpc) is 2.52. The van der Waals surface area contributed by atoms with Crippen molar-refractivity contribution >= 4 is 5.97 Å². The summed E-state index contributed by atoms with van der Waals surface area (Å²) in [6, 6.07) is 5.30. The molecule has 1 atom stereocenters. The number of carbonyl (C=O) groups excluding carboxylic acids is 1. The van der Waals surface area contributed by atoms with Gasteiger partial charge in [0.25, 0.3) is 0 Å². The van der Waals surface area contributed by atoms with Crippen LogP contribution in [0.15, 0.2) is 12.1 Å². The number of nitriles is 1. The van der Waals surface area contributed by atoms with Gasteiger partial charge < -0.3 is 18.9 Å². The summed E-state index contributed by atoms with van der Waals surface area (Å²) in [7, 11) is 4.53. The van der Waals surface area contributed by atoms with Crippen LogP contribution in [0.5, 0.6) is 17.2 Å². The Morgan fingerprint density at radius 3 is 2.14 bits per heavy atom. The Labute approximate surface area is 124 Å². The maximum atomic E-state index is 11.7. The molecule has 0 amide bonds. The van der Waals surface area contributed by atoms with Crippen LogP contribution in [0, 0.1) is 17.2 Å². The summed E-state index contributed by atoms with van der Waals surface area (Å²) < 4.78 is 20.8. The Bertz CT molecular complexity index is 510. The average molecular weight is 293 g/mol. The zero-order valence-electron chi connectivity index (χ0n) is 12.6. The molecule has 0 aliphatic heterocycles. The van der Waals surface area contributed by atoms with Crippen molar-refractivity contribution in [1.29, 1.82) is 5.26 Å². The summed E-state index contributed by atoms with van der Waals surface area (Å²) >= 11 is 0. The summed E-state index contributed by atoms with van der Waals surface area (Å²) in [4.78, 5) is 11.7. The molecule has 0 N–H and O–H groups in total. The zero-order valence-corrected chi connectivity index (χ0v) is 12.6. The predicted molar refractivity (Wildman–Crippen MR) is 75.3 cm³/mol. The normalized spacial score (nSPS) is 11.2. The predicted octanol–water partition coefficient (Wildman–Crippen LogP) is 2.31. The Morgan fingerprint density at radius 2 is 1.76 bits per heavy atom. The molecule has 1 rings (SSSR count). The summed E-state index contributed by atoms with van der Waals surface area (Å²) in [5.74, 6) is 0.157. The van der Waals surface area contributed by atoms with Crippen molar-refractivity contribution in [3.63, 3.8) is 0 Å². The first-order valence-electron chi connectivity index (χ1n) is 6.46. The summed E-state index contributed by atoms with van der Waals surface area (Å²) in [6.07, 6.45) is 0.421. The number of rotatable bonds is 7. The van der Waals surface area contributed by atoms with Crippen molar-refractivity contribution in [1.82, 2.24) is 0 Å². The molecular formula is C15H19NO5. The van der Waals surface area contributed by atoms with Gasteiger partial charge in [-0.25, -0.2) is 0 Å². The van der Waals surface area contributed by atoms with Crippen LogP contribution in [0.3, 0.4) is 0 Å². The first-order valence-corrected chi connectivity index (χ1v) is 6.46. The van der Waals surface area contributed by atoms with Crippen molar-refractivity contribution in [3.05, 3.63) is 17.7 Å². The van der Waals surface area contributed by atoms with Crippen LogP contribution in [-0.4, -0.2) is 27.3 Å². The van der Waals surface area contributed by atoms with Crippen LogP contribution in [0.25, 0.3) is 0 Å². The van der Waals surface area contributed by atoms with Gasteiger partial charge in [-0.05, 0) is 24.1 Å². The molecule has 0 radical (unpaired) electrons. The molecular weight excluding hydrogens is 274 g/mol. The molecule has 0 saturated carbocycles. The first-order chi connectivity index (χ1) is 10.1. The lowest BCUT2D eigenvalue weighted by molar-refractivity contribution is -0.147. The van der Waals surface area contributed by atoms with Crippen molar-refractivity contribution in [2.45, 2.75) is 20.0 Å². The van der Waals surface area contributed by atoms with Crippen molar-refractivity contribution in [2.24, 2.45) is 5.92 Å². The Balaban J connectivity index is 2.90. The second kappa shape index (κ2) is 8.00. The molecule has 0 bridgehead atoms. The number of hydrogen-bond donors (Lipinski definition) is 0. The standard InChI is InChI=1S/C15H19NO5/c1-5-11(8-16)15(17)21-9-10-6-12(18-2)14(20-4)13(7-10)19-3/h6-7,11H,5,9H2,1-4H3. The van der Waals surface area contributed by atoms with E-state index in [1.807, 2.05) is 6.07 Å². The molecule has 1 unspecified atom stereocenters. The van der Waals surface area contributed by atoms with Crippen LogP contribution < -0.4 is 14.2 Å². The van der Waals surface area contributed by atoms with Gasteiger partial charge in [0, 0.05) is 0 Å². The number of hydrogen-bond acceptors (Lipinski definition) is 6. The van der Waals surface area contributed by atoms with Gasteiger partial charge in [0.2, 0.25) is 5.75 Å². The molecule has 0 aromatic heterocycles. The van der Waals surface area contributed by atoms with E-state index in [9.17, 15) is 4.79 Å². The van der Waals surface area contributed by atoms with E-state index in [2.05, 4.69) is 0 Å². The van der Waals surface area contributed by atoms with Gasteiger partial charge in [0.15, 0.2) is 11.5 Å². The maximum absolute atomic E-state index is 11.7. The van der Waals surface area contributed by atoms with Crippen LogP contribution >= 0.6 is 0 Å². The second-order valence-electron chi connectivity index (χ2n) is 4.23. The van der Waals surface area contributed by atoms with Crippen LogP contribution in [-0.2, 0) is 16.1 Å². The number of ether oxygens (including phenoxy) is 4. The fourth-order valence-electron chi connectivity index (χ4n) is 1.78. The molecule has 1 aromatic carbocycles. The molecule has 1 aromatic rings. The molecule has 0 saturated heterocycles. The lowest BCUT2D eigenvalue weighted by atomic mass is 10.1. The topological polar surface area (TPSA) is 77.8 Å². The van der Waals surface area contributed by atoms with Crippen LogP contribution in [0.4, 0.5) is 0 Å². The molecule has 0 heterocycles. The maximum Gasteiger partial charge on any atom is 0.323 e. The highest BCUT2D eigenvalue weighted by Gasteiger charge is 2.18. The largest absolute Gasteiger partial charge is 0.493 e. The van der Waals surface area contributed by atoms with Gasteiger partial charge in [0.1, 0.15) is 12.5 Å². The Kier molecular flexibility index (Phi) is 6.34. The Hall–Kier alpha value is -2.42. The quantitative estimate of drug-likeness (QED) is 0.718. The van der Waals surface area contributed by atoms with E-state index in [1.54, 1.807) is 19.1 Å². The fraction of sp³-hybridized carbons (Fsp3) is 0.467. The molecule has 6 nitrogen and oxygen atoms in total. The van der Waals surface area contributed by atoms with Gasteiger partial charge in [-0.1, -0.05) is 6.92 Å². The lowest BCUT2D eigenvalue weighted by Crippen LogP contribution is -2.15. The number of esters is 1. The molecule has 21 heavy (non-hydrogen) atoms. The minimum absolute atomic E-state index is 0.0354. The molecule has 0 spiro atoms. The molecule has 6 heteroatoms. The van der Waals surface area contributed by atoms with E-state index in [0.717, 1.165) is 0 Å². The third-order valence-electron chi connectivity index (χ3n) is 2.95. The summed E-state index contributed by atoms with van der Waals surface area (Å²) in [5, 5.41) is 8.82. The van der Waals surface area contributed by atoms with E-state index in [1.165, 1.54) is 21.3 Å². The van der Waals surface area contributed by atoms with Gasteiger partial charge in [-0.15, -0.1) is 0 Å². The lowest BCUT2D eigenvalue weighted by Gasteiger charge is -2.14. The molecule has 0 aliphatic carbocycles. The zero-order chi connectivity index (χ0) is 15.8. The third-order valence-corrected chi connectivity index (χ3v) is 2.95. The van der Waals surface area contributed by atoms with Crippen LogP contribution in [0.1, 0.15) is 18.9 Å². The summed E-state index contributed by atoms with van der Waals surface area (Å²) in [6.45, 7) is 1.79. The Morgan fingerprint density at radius 1 is 1.19 bits per heavy atom. The number of benzene rings is 1. The van der Waals surface area contributed by atoms with Gasteiger partial charge in [0.05, 0.1) is 27.4 Å². The molecule has 0 aliphatic rings. The highest BCUT2D eigenvalue weighted by atomic mass is 16.5. The highest BCUT2D eigenvalue weighted by Crippen LogP contribution is 2.38. The van der Waals surface area contributed by atoms with E-state index in [4.69, 9.17) is 24.2 Å². The summed E-state index contributed by atoms with van der Waals surface area (Å²) in [5.41, 5.74) is 0.686. The number of methoxy groups -OCH3 is 3. The highest BCUT2D eigenvalue weighted by molar-refractivity contribution is 5.75. The van der Waals surface area contributed by atoms with E-state index in [0.29, 0.717) is 29.2 Å². The number of nitrogens with zero attached hydrogens (tertiary/aromatic N) is 1. The van der Waals surface area contributed by atoms with E-state index in [-0.39, 0.29) is 6.61 Å². The monoisotopic (exact) mass is 293 g/mol. The smallest absolute Gasteiger partial charge is 0.323 e.